The Hall–Kier alpha value is -0.770. The third kappa shape index (κ3) is 2.73. The number of urea groups is 1. The highest BCUT2D eigenvalue weighted by molar-refractivity contribution is 5.74. The van der Waals surface area contributed by atoms with E-state index in [4.69, 9.17) is 0 Å². The van der Waals surface area contributed by atoms with Crippen LogP contribution in [0.3, 0.4) is 0 Å². The molecule has 0 radical (unpaired) electrons. The van der Waals surface area contributed by atoms with Crippen molar-refractivity contribution in [2.75, 3.05) is 19.6 Å². The van der Waals surface area contributed by atoms with Gasteiger partial charge in [-0.3, -0.25) is 0 Å². The highest BCUT2D eigenvalue weighted by atomic mass is 16.2. The van der Waals surface area contributed by atoms with E-state index in [1.54, 1.807) is 0 Å². The molecule has 3 N–H and O–H groups in total. The van der Waals surface area contributed by atoms with Crippen LogP contribution in [0.5, 0.6) is 0 Å². The zero-order valence-corrected chi connectivity index (χ0v) is 10.4. The minimum Gasteiger partial charge on any atom is -0.338 e. The normalized spacial score (nSPS) is 36.4. The molecule has 4 nitrogen and oxygen atoms in total. The van der Waals surface area contributed by atoms with Crippen LogP contribution in [0.1, 0.15) is 32.1 Å². The third-order valence-electron chi connectivity index (χ3n) is 4.65. The molecule has 17 heavy (non-hydrogen) atoms. The summed E-state index contributed by atoms with van der Waals surface area (Å²) in [5, 5.41) is 9.30. The first-order chi connectivity index (χ1) is 8.33. The molecule has 1 heterocycles. The predicted molar refractivity (Wildman–Crippen MR) is 66.7 cm³/mol. The average molecular weight is 237 g/mol. The molecule has 1 saturated heterocycles. The monoisotopic (exact) mass is 237 g/mol. The van der Waals surface area contributed by atoms with Gasteiger partial charge >= 0.3 is 6.03 Å². The minimum absolute atomic E-state index is 0.0259. The van der Waals surface area contributed by atoms with E-state index in [-0.39, 0.29) is 6.03 Å². The lowest BCUT2D eigenvalue weighted by molar-refractivity contribution is 0.235. The van der Waals surface area contributed by atoms with Crippen molar-refractivity contribution in [3.8, 4) is 0 Å². The van der Waals surface area contributed by atoms with Crippen LogP contribution in [-0.2, 0) is 0 Å². The van der Waals surface area contributed by atoms with E-state index >= 15 is 0 Å². The van der Waals surface area contributed by atoms with Crippen LogP contribution in [0.4, 0.5) is 4.79 Å². The lowest BCUT2D eigenvalue weighted by atomic mass is 9.81. The topological polar surface area (TPSA) is 53.2 Å². The summed E-state index contributed by atoms with van der Waals surface area (Å²) in [4.78, 5) is 11.6. The Balaban J connectivity index is 1.30. The van der Waals surface area contributed by atoms with Crippen LogP contribution < -0.4 is 16.0 Å². The molecule has 2 amide bonds. The molecule has 3 aliphatic rings. The van der Waals surface area contributed by atoms with Gasteiger partial charge in [0.25, 0.3) is 0 Å². The van der Waals surface area contributed by atoms with E-state index in [0.717, 1.165) is 43.8 Å². The van der Waals surface area contributed by atoms with Crippen LogP contribution >= 0.6 is 0 Å². The van der Waals surface area contributed by atoms with E-state index in [9.17, 15) is 4.79 Å². The Morgan fingerprint density at radius 2 is 2.18 bits per heavy atom. The van der Waals surface area contributed by atoms with Crippen molar-refractivity contribution in [2.24, 2.45) is 17.8 Å². The summed E-state index contributed by atoms with van der Waals surface area (Å²) in [7, 11) is 0. The standard InChI is InChI=1S/C13H23N3O/c17-13(16-11-4-5-14-8-11)15-7-10-6-12(10)9-2-1-3-9/h9-12,14H,1-8H2,(H2,15,16,17)/t10-,11?,12-/m0/s1. The van der Waals surface area contributed by atoms with Gasteiger partial charge in [-0.2, -0.15) is 0 Å². The second-order valence-electron chi connectivity index (χ2n) is 5.89. The first kappa shape index (κ1) is 11.3. The lowest BCUT2D eigenvalue weighted by Crippen LogP contribution is -2.43. The van der Waals surface area contributed by atoms with Gasteiger partial charge in [0, 0.05) is 19.1 Å². The number of hydrogen-bond acceptors (Lipinski definition) is 2. The third-order valence-corrected chi connectivity index (χ3v) is 4.65. The van der Waals surface area contributed by atoms with E-state index in [1.807, 2.05) is 0 Å². The number of carbonyl (C=O) groups is 1. The zero-order chi connectivity index (χ0) is 11.7. The maximum Gasteiger partial charge on any atom is 0.315 e. The summed E-state index contributed by atoms with van der Waals surface area (Å²) in [6.07, 6.45) is 6.69. The van der Waals surface area contributed by atoms with E-state index in [1.165, 1.54) is 25.7 Å². The van der Waals surface area contributed by atoms with Crippen LogP contribution in [-0.4, -0.2) is 31.7 Å². The zero-order valence-electron chi connectivity index (χ0n) is 10.4. The van der Waals surface area contributed by atoms with Gasteiger partial charge in [0.05, 0.1) is 0 Å². The SMILES string of the molecule is O=C(NC[C@@H]1C[C@H]1C1CCC1)NC1CCNC1. The van der Waals surface area contributed by atoms with Crippen molar-refractivity contribution >= 4 is 6.03 Å². The highest BCUT2D eigenvalue weighted by Gasteiger charge is 2.44. The van der Waals surface area contributed by atoms with Crippen LogP contribution in [0.15, 0.2) is 0 Å². The molecule has 4 heteroatoms. The molecule has 2 saturated carbocycles. The molecule has 3 atom stereocenters. The minimum atomic E-state index is 0.0259. The van der Waals surface area contributed by atoms with Gasteiger partial charge in [-0.1, -0.05) is 19.3 Å². The first-order valence-electron chi connectivity index (χ1n) is 7.08. The predicted octanol–water partition coefficient (Wildman–Crippen LogP) is 1.08. The summed E-state index contributed by atoms with van der Waals surface area (Å²) in [6, 6.07) is 0.356. The van der Waals surface area contributed by atoms with Crippen molar-refractivity contribution in [3.05, 3.63) is 0 Å². The van der Waals surface area contributed by atoms with Gasteiger partial charge in [0.2, 0.25) is 0 Å². The smallest absolute Gasteiger partial charge is 0.315 e. The maximum atomic E-state index is 11.6. The molecule has 1 unspecified atom stereocenters. The van der Waals surface area contributed by atoms with Crippen LogP contribution in [0, 0.1) is 17.8 Å². The van der Waals surface area contributed by atoms with E-state index < -0.39 is 0 Å². The fraction of sp³-hybridized carbons (Fsp3) is 0.923. The van der Waals surface area contributed by atoms with Crippen molar-refractivity contribution < 1.29 is 4.79 Å². The molecule has 0 bridgehead atoms. The van der Waals surface area contributed by atoms with E-state index in [0.29, 0.717) is 6.04 Å². The highest BCUT2D eigenvalue weighted by Crippen LogP contribution is 2.51. The van der Waals surface area contributed by atoms with Gasteiger partial charge in [0.15, 0.2) is 0 Å². The fourth-order valence-corrected chi connectivity index (χ4v) is 3.19. The van der Waals surface area contributed by atoms with E-state index in [2.05, 4.69) is 16.0 Å². The first-order valence-corrected chi connectivity index (χ1v) is 7.08. The Bertz CT molecular complexity index is 284. The Labute approximate surface area is 103 Å². The Kier molecular flexibility index (Phi) is 3.23. The number of hydrogen-bond donors (Lipinski definition) is 3. The molecule has 3 fully saturated rings. The average Bonchev–Trinajstić information content (AvgIpc) is 2.77. The summed E-state index contributed by atoms with van der Waals surface area (Å²) >= 11 is 0. The summed E-state index contributed by atoms with van der Waals surface area (Å²) in [6.45, 7) is 2.83. The Morgan fingerprint density at radius 1 is 1.29 bits per heavy atom. The largest absolute Gasteiger partial charge is 0.338 e. The molecular formula is C13H23N3O. The maximum absolute atomic E-state index is 11.6. The molecule has 96 valence electrons. The molecule has 1 aliphatic heterocycles. The molecule has 2 aliphatic carbocycles. The quantitative estimate of drug-likeness (QED) is 0.685. The van der Waals surface area contributed by atoms with Crippen LogP contribution in [0.2, 0.25) is 0 Å². The Morgan fingerprint density at radius 3 is 2.82 bits per heavy atom. The molecule has 0 spiro atoms. The van der Waals surface area contributed by atoms with Crippen LogP contribution in [0.25, 0.3) is 0 Å². The fourth-order valence-electron chi connectivity index (χ4n) is 3.19. The summed E-state index contributed by atoms with van der Waals surface area (Å²) in [5.74, 6) is 2.69. The van der Waals surface area contributed by atoms with Crippen molar-refractivity contribution in [1.82, 2.24) is 16.0 Å². The molecule has 0 aromatic heterocycles. The molecular weight excluding hydrogens is 214 g/mol. The van der Waals surface area contributed by atoms with Crippen molar-refractivity contribution in [1.29, 1.82) is 0 Å². The lowest BCUT2D eigenvalue weighted by Gasteiger charge is -2.25. The summed E-state index contributed by atoms with van der Waals surface area (Å²) < 4.78 is 0. The molecule has 3 rings (SSSR count). The number of carbonyl (C=O) groups excluding carboxylic acids is 1. The van der Waals surface area contributed by atoms with Gasteiger partial charge in [-0.15, -0.1) is 0 Å². The number of nitrogens with one attached hydrogen (secondary N) is 3. The van der Waals surface area contributed by atoms with Crippen molar-refractivity contribution in [3.63, 3.8) is 0 Å². The van der Waals surface area contributed by atoms with Gasteiger partial charge < -0.3 is 16.0 Å². The van der Waals surface area contributed by atoms with Crippen molar-refractivity contribution in [2.45, 2.75) is 38.1 Å². The van der Waals surface area contributed by atoms with Gasteiger partial charge in [0.1, 0.15) is 0 Å². The number of rotatable bonds is 4. The number of amides is 2. The second-order valence-corrected chi connectivity index (χ2v) is 5.89. The molecule has 0 aromatic rings. The van der Waals surface area contributed by atoms with Gasteiger partial charge in [-0.05, 0) is 37.1 Å². The summed E-state index contributed by atoms with van der Waals surface area (Å²) in [5.41, 5.74) is 0. The molecule has 0 aromatic carbocycles. The van der Waals surface area contributed by atoms with Gasteiger partial charge in [-0.25, -0.2) is 4.79 Å². The second kappa shape index (κ2) is 4.84.